The lowest BCUT2D eigenvalue weighted by atomic mass is 10.9. The van der Waals surface area contributed by atoms with E-state index in [0.29, 0.717) is 0 Å². The molecule has 0 aliphatic carbocycles. The number of hydrogen-bond donors (Lipinski definition) is 5. The summed E-state index contributed by atoms with van der Waals surface area (Å²) in [5, 5.41) is 32.1. The van der Waals surface area contributed by atoms with E-state index in [1.165, 1.54) is 7.05 Å². The highest BCUT2D eigenvalue weighted by Gasteiger charge is 2.18. The fourth-order valence-electron chi connectivity index (χ4n) is 0. The average Bonchev–Trinajstić information content (AvgIpc) is 2.71. The molecule has 0 spiro atoms. The molecule has 0 saturated heterocycles. The Bertz CT molecular complexity index is 265. The molecule has 39 heavy (non-hydrogen) atoms. The minimum Gasteiger partial charge on any atom is -0.400 e. The summed E-state index contributed by atoms with van der Waals surface area (Å²) in [4.78, 5) is 2.36. The molecular weight excluding hydrogens is 763 g/mol. The van der Waals surface area contributed by atoms with Gasteiger partial charge < -0.3 is 19.9 Å². The molecule has 23 heteroatoms. The van der Waals surface area contributed by atoms with Gasteiger partial charge in [-0.3, -0.25) is 0 Å². The molecule has 0 aromatic rings. The first-order chi connectivity index (χ1) is 12.1. The van der Waals surface area contributed by atoms with Gasteiger partial charge in [-0.1, -0.05) is 67.9 Å². The molecule has 0 heterocycles. The standard InChI is InChI=1S/C2H8O4S.C2H6O.4C2H6.CH3N3.2CH4O.CH4.12H2S/c1-7(2,4,5)6-3;1-2-3;4*1-2;1-3-4-2;2*1-2;;;;;;;;;;;;;/h3H,1-2H3,(H,4,5);3H,2H2,1H3;4*1-2H3;1H3;2*2H,1H3;1H4;12*1H2. The second-order valence-corrected chi connectivity index (χ2v) is 5.80. The smallest absolute Gasteiger partial charge is 0.108 e. The second-order valence-electron chi connectivity index (χ2n) is 2.34. The second kappa shape index (κ2) is 223. The molecule has 0 unspecified atom stereocenters. The van der Waals surface area contributed by atoms with Crippen LogP contribution in [0.3, 0.4) is 0 Å². The van der Waals surface area contributed by atoms with Gasteiger partial charge in [0.1, 0.15) is 9.63 Å². The predicted molar refractivity (Wildman–Crippen MR) is 247 cm³/mol. The lowest BCUT2D eigenvalue weighted by molar-refractivity contribution is -0.141. The van der Waals surface area contributed by atoms with Crippen LogP contribution in [-0.2, 0) is 14.0 Å². The Morgan fingerprint density at radius 3 is 0.718 bits per heavy atom. The van der Waals surface area contributed by atoms with Gasteiger partial charge in [-0.05, 0) is 12.5 Å². The number of nitrogens with zero attached hydrogens (tertiary/aromatic N) is 3. The predicted octanol–water partition coefficient (Wildman–Crippen LogP) is 6.18. The minimum absolute atomic E-state index is 0. The zero-order chi connectivity index (χ0) is 24.3. The van der Waals surface area contributed by atoms with E-state index >= 15 is 0 Å². The summed E-state index contributed by atoms with van der Waals surface area (Å²) in [6, 6.07) is 0. The first kappa shape index (κ1) is 175. The molecule has 0 aromatic heterocycles. The Balaban J connectivity index is -0.00000000417. The Labute approximate surface area is 327 Å². The number of hydrogen-bond acceptors (Lipinski definition) is 7. The van der Waals surface area contributed by atoms with Crippen LogP contribution in [0.25, 0.3) is 10.4 Å². The maximum Gasteiger partial charge on any atom is 0.108 e. The van der Waals surface area contributed by atoms with Crippen LogP contribution < -0.4 is 0 Å². The van der Waals surface area contributed by atoms with Crippen LogP contribution in [0.1, 0.15) is 69.7 Å². The van der Waals surface area contributed by atoms with Gasteiger partial charge in [0, 0.05) is 45.3 Å². The van der Waals surface area contributed by atoms with Gasteiger partial charge in [-0.15, -0.1) is 4.33 Å². The molecule has 10 nitrogen and oxygen atoms in total. The highest BCUT2D eigenvalue weighted by molar-refractivity contribution is 8.09. The van der Waals surface area contributed by atoms with Crippen LogP contribution in [0, 0.1) is 0 Å². The fraction of sp³-hybridized carbons (Fsp3) is 1.00. The Morgan fingerprint density at radius 1 is 0.667 bits per heavy atom. The minimum atomic E-state index is -4.06. The number of rotatable bonds is 1. The normalized spacial score (nSPS) is 5.05. The van der Waals surface area contributed by atoms with E-state index in [-0.39, 0.29) is 176 Å². The molecule has 0 bridgehead atoms. The van der Waals surface area contributed by atoms with Crippen molar-refractivity contribution in [3.05, 3.63) is 10.4 Å². The highest BCUT2D eigenvalue weighted by atomic mass is 32.3. The summed E-state index contributed by atoms with van der Waals surface area (Å²) in [7, 11) is -0.671. The lowest BCUT2D eigenvalue weighted by Crippen LogP contribution is -2.29. The zero-order valence-electron chi connectivity index (χ0n) is 25.5. The summed E-state index contributed by atoms with van der Waals surface area (Å²) in [5.74, 6) is 0. The molecule has 276 valence electrons. The molecule has 0 aliphatic rings. The molecule has 0 rings (SSSR count). The zero-order valence-corrected chi connectivity index (χ0v) is 38.3. The number of aliphatic hydroxyl groups excluding tert-OH is 3. The Morgan fingerprint density at radius 2 is 0.718 bits per heavy atom. The largest absolute Gasteiger partial charge is 0.400 e. The van der Waals surface area contributed by atoms with Crippen molar-refractivity contribution in [2.24, 2.45) is 5.11 Å². The van der Waals surface area contributed by atoms with E-state index < -0.39 is 9.63 Å². The van der Waals surface area contributed by atoms with Crippen LogP contribution in [0.5, 0.6) is 0 Å². The van der Waals surface area contributed by atoms with Crippen molar-refractivity contribution in [1.82, 2.24) is 0 Å². The Hall–Kier alpha value is 3.42. The van der Waals surface area contributed by atoms with Crippen molar-refractivity contribution in [2.45, 2.75) is 69.7 Å². The molecule has 0 radical (unpaired) electrons. The SMILES string of the molecule is C.CC.CC.CC.CC.CCO.CN=[N+]=[N-].CO.CO.CS(C)(=O)(O)OO.S.S.S.S.S.S.S.S.S.S.S.S. The maximum absolute atomic E-state index is 10.2. The van der Waals surface area contributed by atoms with Crippen LogP contribution >= 0.6 is 162 Å². The summed E-state index contributed by atoms with van der Waals surface area (Å²) < 4.78 is 21.8. The van der Waals surface area contributed by atoms with Crippen molar-refractivity contribution in [1.29, 1.82) is 0 Å². The van der Waals surface area contributed by atoms with E-state index in [4.69, 9.17) is 30.7 Å². The molecule has 0 saturated carbocycles. The van der Waals surface area contributed by atoms with Crippen molar-refractivity contribution in [2.75, 3.05) is 40.4 Å². The summed E-state index contributed by atoms with van der Waals surface area (Å²) in [6.07, 6.45) is 1.80. The van der Waals surface area contributed by atoms with E-state index in [0.717, 1.165) is 26.7 Å². The van der Waals surface area contributed by atoms with Gasteiger partial charge in [0.2, 0.25) is 0 Å². The van der Waals surface area contributed by atoms with Crippen molar-refractivity contribution in [3.8, 4) is 0 Å². The van der Waals surface area contributed by atoms with Crippen molar-refractivity contribution < 1.29 is 33.7 Å². The van der Waals surface area contributed by atoms with Crippen LogP contribution in [0.15, 0.2) is 5.11 Å². The van der Waals surface area contributed by atoms with E-state index in [1.807, 2.05) is 55.4 Å². The molecule has 5 N–H and O–H groups in total. The number of aliphatic hydroxyl groups is 3. The van der Waals surface area contributed by atoms with Crippen molar-refractivity contribution in [3.63, 3.8) is 0 Å². The third-order valence-corrected chi connectivity index (χ3v) is 0.728. The van der Waals surface area contributed by atoms with Gasteiger partial charge in [0.15, 0.2) is 0 Å². The molecule has 0 aliphatic heterocycles. The van der Waals surface area contributed by atoms with Crippen LogP contribution in [0.2, 0.25) is 0 Å². The molecule has 0 atom stereocenters. The quantitative estimate of drug-likeness (QED) is 0.0689. The number of azide groups is 1. The van der Waals surface area contributed by atoms with Gasteiger partial charge in [-0.2, -0.15) is 162 Å². The van der Waals surface area contributed by atoms with Gasteiger partial charge in [-0.25, -0.2) is 9.47 Å². The molecule has 0 fully saturated rings. The summed E-state index contributed by atoms with van der Waals surface area (Å²) in [5.41, 5.74) is 7.33. The first-order valence-corrected chi connectivity index (χ1v) is 10.9. The lowest BCUT2D eigenvalue weighted by Gasteiger charge is -2.20. The fourth-order valence-corrected chi connectivity index (χ4v) is 0. The topological polar surface area (TPSA) is 176 Å². The Kier molecular flexibility index (Phi) is 998. The van der Waals surface area contributed by atoms with Crippen molar-refractivity contribution >= 4 is 172 Å². The molecule has 0 amide bonds. The van der Waals surface area contributed by atoms with E-state index in [1.54, 1.807) is 6.92 Å². The molecule has 0 aromatic carbocycles. The van der Waals surface area contributed by atoms with Gasteiger partial charge in [0.25, 0.3) is 0 Å². The first-order valence-electron chi connectivity index (χ1n) is 8.28. The molecular formula is C16H77N3O7S13. The third kappa shape index (κ3) is 908. The monoisotopic (exact) mass is 839 g/mol. The van der Waals surface area contributed by atoms with E-state index in [9.17, 15) is 4.21 Å². The van der Waals surface area contributed by atoms with Gasteiger partial charge in [0.05, 0.1) is 0 Å². The summed E-state index contributed by atoms with van der Waals surface area (Å²) in [6.45, 7) is 17.9. The maximum atomic E-state index is 10.2. The van der Waals surface area contributed by atoms with Crippen LogP contribution in [0.4, 0.5) is 0 Å². The summed E-state index contributed by atoms with van der Waals surface area (Å²) >= 11 is 0. The third-order valence-electron chi connectivity index (χ3n) is 0.302. The average molecular weight is 841 g/mol. The van der Waals surface area contributed by atoms with E-state index in [2.05, 4.69) is 14.4 Å². The van der Waals surface area contributed by atoms with Gasteiger partial charge >= 0.3 is 0 Å². The van der Waals surface area contributed by atoms with Crippen LogP contribution in [-0.4, -0.2) is 69.7 Å². The highest BCUT2D eigenvalue weighted by Crippen LogP contribution is 2.08.